The number of likely N-dealkylation sites (N-methyl/N-ethyl adjacent to an activating group) is 1. The van der Waals surface area contributed by atoms with Gasteiger partial charge in [0.2, 0.25) is 0 Å². The van der Waals surface area contributed by atoms with Crippen LogP contribution in [0.15, 0.2) is 30.3 Å². The molecule has 0 saturated heterocycles. The predicted octanol–water partition coefficient (Wildman–Crippen LogP) is 4.01. The molecule has 0 fully saturated rings. The Morgan fingerprint density at radius 3 is 2.61 bits per heavy atom. The minimum atomic E-state index is -0.731. The van der Waals surface area contributed by atoms with Crippen LogP contribution in [0.1, 0.15) is 15.9 Å². The van der Waals surface area contributed by atoms with E-state index >= 15 is 0 Å². The van der Waals surface area contributed by atoms with Gasteiger partial charge in [0.1, 0.15) is 10.2 Å². The molecule has 8 heteroatoms. The summed E-state index contributed by atoms with van der Waals surface area (Å²) in [7, 11) is 1.50. The quantitative estimate of drug-likeness (QED) is 0.741. The maximum atomic E-state index is 13.5. The number of nitrogens with zero attached hydrogens (tertiary/aromatic N) is 1. The molecule has 0 radical (unpaired) electrons. The maximum Gasteiger partial charge on any atom is 0.341 e. The van der Waals surface area contributed by atoms with Crippen molar-refractivity contribution in [3.63, 3.8) is 0 Å². The summed E-state index contributed by atoms with van der Waals surface area (Å²) in [4.78, 5) is 25.1. The number of hydrogen-bond donors (Lipinski definition) is 0. The second-order valence-corrected chi connectivity index (χ2v) is 6.94. The van der Waals surface area contributed by atoms with Gasteiger partial charge in [-0.15, -0.1) is 11.3 Å². The molecule has 1 aromatic heterocycles. The molecule has 122 valence electrons. The van der Waals surface area contributed by atoms with Crippen molar-refractivity contribution >= 4 is 46.4 Å². The van der Waals surface area contributed by atoms with Crippen LogP contribution in [0.25, 0.3) is 0 Å². The Labute approximate surface area is 146 Å². The molecule has 0 atom stereocenters. The number of esters is 1. The van der Waals surface area contributed by atoms with Gasteiger partial charge in [0.05, 0.1) is 9.90 Å². The minimum Gasteiger partial charge on any atom is -0.452 e. The van der Waals surface area contributed by atoms with Crippen LogP contribution in [0.5, 0.6) is 0 Å². The van der Waals surface area contributed by atoms with Gasteiger partial charge in [0.15, 0.2) is 6.61 Å². The smallest absolute Gasteiger partial charge is 0.341 e. The van der Waals surface area contributed by atoms with Crippen LogP contribution in [0.4, 0.5) is 4.39 Å². The lowest BCUT2D eigenvalue weighted by Gasteiger charge is -2.17. The zero-order chi connectivity index (χ0) is 17.0. The Morgan fingerprint density at radius 1 is 1.30 bits per heavy atom. The summed E-state index contributed by atoms with van der Waals surface area (Å²) < 4.78 is 19.0. The molecule has 0 unspecified atom stereocenters. The zero-order valence-electron chi connectivity index (χ0n) is 12.0. The molecule has 1 aromatic carbocycles. The first kappa shape index (κ1) is 17.7. The Kier molecular flexibility index (Phi) is 5.98. The highest BCUT2D eigenvalue weighted by Crippen LogP contribution is 2.31. The van der Waals surface area contributed by atoms with Gasteiger partial charge in [0.25, 0.3) is 5.91 Å². The minimum absolute atomic E-state index is 0.0775. The van der Waals surface area contributed by atoms with E-state index in [1.165, 1.54) is 24.1 Å². The summed E-state index contributed by atoms with van der Waals surface area (Å²) in [6.07, 6.45) is 0. The van der Waals surface area contributed by atoms with Crippen LogP contribution < -0.4 is 0 Å². The van der Waals surface area contributed by atoms with Gasteiger partial charge in [-0.3, -0.25) is 4.79 Å². The third-order valence-corrected chi connectivity index (χ3v) is 4.48. The first-order valence-electron chi connectivity index (χ1n) is 6.48. The van der Waals surface area contributed by atoms with E-state index in [1.807, 2.05) is 0 Å². The second kappa shape index (κ2) is 7.77. The fourth-order valence-corrected chi connectivity index (χ4v) is 3.21. The largest absolute Gasteiger partial charge is 0.452 e. The van der Waals surface area contributed by atoms with Crippen molar-refractivity contribution < 1.29 is 18.7 Å². The van der Waals surface area contributed by atoms with Crippen molar-refractivity contribution in [2.24, 2.45) is 0 Å². The number of carbonyl (C=O) groups is 2. The van der Waals surface area contributed by atoms with E-state index in [0.717, 1.165) is 11.3 Å². The lowest BCUT2D eigenvalue weighted by Crippen LogP contribution is -2.31. The molecule has 2 aromatic rings. The molecule has 0 aliphatic carbocycles. The number of thiophene rings is 1. The van der Waals surface area contributed by atoms with Crippen LogP contribution >= 0.6 is 34.5 Å². The molecule has 2 rings (SSSR count). The zero-order valence-corrected chi connectivity index (χ0v) is 14.3. The highest BCUT2D eigenvalue weighted by Gasteiger charge is 2.18. The average molecular weight is 376 g/mol. The molecule has 1 amide bonds. The molecule has 1 heterocycles. The molecule has 0 spiro atoms. The Morgan fingerprint density at radius 2 is 2.00 bits per heavy atom. The van der Waals surface area contributed by atoms with Gasteiger partial charge in [0, 0.05) is 19.2 Å². The fraction of sp³-hybridized carbons (Fsp3) is 0.200. The lowest BCUT2D eigenvalue weighted by molar-refractivity contribution is -0.133. The van der Waals surface area contributed by atoms with Crippen molar-refractivity contribution in [3.05, 3.63) is 55.9 Å². The van der Waals surface area contributed by atoms with Crippen LogP contribution in [0, 0.1) is 5.82 Å². The summed E-state index contributed by atoms with van der Waals surface area (Å²) in [5, 5.41) is 0. The summed E-state index contributed by atoms with van der Waals surface area (Å²) in [6, 6.07) is 7.52. The molecular weight excluding hydrogens is 364 g/mol. The van der Waals surface area contributed by atoms with Crippen molar-refractivity contribution in [2.45, 2.75) is 6.54 Å². The molecule has 23 heavy (non-hydrogen) atoms. The van der Waals surface area contributed by atoms with Gasteiger partial charge in [-0.25, -0.2) is 9.18 Å². The van der Waals surface area contributed by atoms with Crippen LogP contribution in [0.3, 0.4) is 0 Å². The molecule has 0 N–H and O–H groups in total. The van der Waals surface area contributed by atoms with E-state index in [2.05, 4.69) is 0 Å². The highest BCUT2D eigenvalue weighted by molar-refractivity contribution is 7.20. The number of halogens is 3. The van der Waals surface area contributed by atoms with E-state index in [9.17, 15) is 14.0 Å². The van der Waals surface area contributed by atoms with Crippen LogP contribution in [-0.2, 0) is 16.1 Å². The van der Waals surface area contributed by atoms with Gasteiger partial charge in [-0.1, -0.05) is 41.4 Å². The van der Waals surface area contributed by atoms with E-state index in [1.54, 1.807) is 18.2 Å². The molecule has 4 nitrogen and oxygen atoms in total. The fourth-order valence-electron chi connectivity index (χ4n) is 1.76. The van der Waals surface area contributed by atoms with E-state index < -0.39 is 24.3 Å². The normalized spacial score (nSPS) is 10.4. The second-order valence-electron chi connectivity index (χ2n) is 4.66. The average Bonchev–Trinajstić information content (AvgIpc) is 2.85. The van der Waals surface area contributed by atoms with E-state index in [0.29, 0.717) is 9.90 Å². The number of amides is 1. The summed E-state index contributed by atoms with van der Waals surface area (Å²) in [6.45, 7) is -0.387. The molecule has 0 aliphatic heterocycles. The van der Waals surface area contributed by atoms with Gasteiger partial charge in [-0.05, 0) is 12.1 Å². The predicted molar refractivity (Wildman–Crippen MR) is 87.5 cm³/mol. The maximum absolute atomic E-state index is 13.5. The van der Waals surface area contributed by atoms with Gasteiger partial charge in [-0.2, -0.15) is 0 Å². The van der Waals surface area contributed by atoms with Crippen LogP contribution in [-0.4, -0.2) is 30.4 Å². The van der Waals surface area contributed by atoms with Gasteiger partial charge < -0.3 is 9.64 Å². The van der Waals surface area contributed by atoms with Crippen molar-refractivity contribution in [1.29, 1.82) is 0 Å². The van der Waals surface area contributed by atoms with Crippen molar-refractivity contribution in [1.82, 2.24) is 4.90 Å². The molecule has 0 saturated carbocycles. The third-order valence-electron chi connectivity index (χ3n) is 2.99. The lowest BCUT2D eigenvalue weighted by atomic mass is 10.2. The highest BCUT2D eigenvalue weighted by atomic mass is 35.5. The number of rotatable bonds is 5. The van der Waals surface area contributed by atoms with E-state index in [-0.39, 0.29) is 16.4 Å². The first-order chi connectivity index (χ1) is 10.9. The third kappa shape index (κ3) is 4.67. The van der Waals surface area contributed by atoms with Crippen molar-refractivity contribution in [3.8, 4) is 0 Å². The number of ether oxygens (including phenoxy) is 1. The number of benzene rings is 1. The standard InChI is InChI=1S/C15H12Cl2FNO3S/c1-19(7-9-4-2-3-5-11(9)18)13(20)8-22-15(21)10-6-12(16)23-14(10)17/h2-6H,7-8H2,1H3. The number of carbonyl (C=O) groups excluding carboxylic acids is 2. The van der Waals surface area contributed by atoms with Crippen LogP contribution in [0.2, 0.25) is 8.67 Å². The molecular formula is C15H12Cl2FNO3S. The summed E-state index contributed by atoms with van der Waals surface area (Å²) >= 11 is 12.6. The Balaban J connectivity index is 1.90. The van der Waals surface area contributed by atoms with Gasteiger partial charge >= 0.3 is 5.97 Å². The number of hydrogen-bond acceptors (Lipinski definition) is 4. The van der Waals surface area contributed by atoms with Crippen molar-refractivity contribution in [2.75, 3.05) is 13.7 Å². The Bertz CT molecular complexity index is 735. The van der Waals surface area contributed by atoms with E-state index in [4.69, 9.17) is 27.9 Å². The molecule has 0 bridgehead atoms. The first-order valence-corrected chi connectivity index (χ1v) is 8.05. The topological polar surface area (TPSA) is 46.6 Å². The summed E-state index contributed by atoms with van der Waals surface area (Å²) in [5.74, 6) is -1.59. The Hall–Kier alpha value is -1.63. The SMILES string of the molecule is CN(Cc1ccccc1F)C(=O)COC(=O)c1cc(Cl)sc1Cl. The summed E-state index contributed by atoms with van der Waals surface area (Å²) in [5.41, 5.74) is 0.494. The molecule has 0 aliphatic rings. The monoisotopic (exact) mass is 375 g/mol.